The Balaban J connectivity index is 1.64. The number of piperidine rings is 1. The lowest BCUT2D eigenvalue weighted by Crippen LogP contribution is -2.46. The second-order valence-electron chi connectivity index (χ2n) is 6.26. The highest BCUT2D eigenvalue weighted by atomic mass is 16.4. The van der Waals surface area contributed by atoms with Gasteiger partial charge in [-0.2, -0.15) is 0 Å². The molecule has 2 amide bonds. The summed E-state index contributed by atoms with van der Waals surface area (Å²) in [6.45, 7) is 2.81. The molecule has 0 bridgehead atoms. The quantitative estimate of drug-likeness (QED) is 0.893. The third kappa shape index (κ3) is 3.81. The summed E-state index contributed by atoms with van der Waals surface area (Å²) in [4.78, 5) is 29.5. The van der Waals surface area contributed by atoms with Crippen LogP contribution >= 0.6 is 0 Å². The smallest absolute Gasteiger partial charge is 0.317 e. The normalized spacial score (nSPS) is 16.4. The number of likely N-dealkylation sites (tertiary alicyclic amines) is 1. The Kier molecular flexibility index (Phi) is 5.02. The van der Waals surface area contributed by atoms with E-state index in [1.165, 1.54) is 0 Å². The van der Waals surface area contributed by atoms with Crippen molar-refractivity contribution in [1.82, 2.24) is 19.8 Å². The van der Waals surface area contributed by atoms with Gasteiger partial charge in [0.15, 0.2) is 0 Å². The number of carboxylic acid groups (broad SMARTS) is 1. The maximum atomic E-state index is 12.5. The third-order valence-electron chi connectivity index (χ3n) is 4.56. The largest absolute Gasteiger partial charge is 0.481 e. The number of hydrogen-bond acceptors (Lipinski definition) is 3. The van der Waals surface area contributed by atoms with Crippen molar-refractivity contribution in [1.29, 1.82) is 0 Å². The van der Waals surface area contributed by atoms with Crippen LogP contribution in [0.25, 0.3) is 5.69 Å². The highest BCUT2D eigenvalue weighted by Crippen LogP contribution is 2.19. The van der Waals surface area contributed by atoms with Crippen molar-refractivity contribution in [3.8, 4) is 5.69 Å². The van der Waals surface area contributed by atoms with Gasteiger partial charge in [-0.3, -0.25) is 4.79 Å². The van der Waals surface area contributed by atoms with Crippen LogP contribution in [0.5, 0.6) is 0 Å². The standard InChI is InChI=1S/C18H22N4O3/c1-13(16-19-9-12-22(16)15-5-3-2-4-6-15)20-18(25)21-10-7-14(8-11-21)17(23)24/h2-6,9,12-14H,7-8,10-11H2,1H3,(H,20,25)(H,23,24). The van der Waals surface area contributed by atoms with E-state index in [4.69, 9.17) is 5.11 Å². The number of hydrogen-bond donors (Lipinski definition) is 2. The zero-order valence-electron chi connectivity index (χ0n) is 14.1. The summed E-state index contributed by atoms with van der Waals surface area (Å²) in [6.07, 6.45) is 4.57. The summed E-state index contributed by atoms with van der Waals surface area (Å²) in [6, 6.07) is 9.38. The first-order valence-corrected chi connectivity index (χ1v) is 8.43. The highest BCUT2D eigenvalue weighted by Gasteiger charge is 2.28. The molecule has 0 radical (unpaired) electrons. The van der Waals surface area contributed by atoms with E-state index in [0.29, 0.717) is 25.9 Å². The zero-order valence-corrected chi connectivity index (χ0v) is 14.1. The number of nitrogens with one attached hydrogen (secondary N) is 1. The molecule has 132 valence electrons. The van der Waals surface area contributed by atoms with Gasteiger partial charge in [0.05, 0.1) is 12.0 Å². The van der Waals surface area contributed by atoms with Gasteiger partial charge in [0, 0.05) is 31.2 Å². The number of carbonyl (C=O) groups excluding carboxylic acids is 1. The topological polar surface area (TPSA) is 87.5 Å². The van der Waals surface area contributed by atoms with Crippen molar-refractivity contribution in [3.05, 3.63) is 48.5 Å². The molecular weight excluding hydrogens is 320 g/mol. The Hall–Kier alpha value is -2.83. The number of rotatable bonds is 4. The summed E-state index contributed by atoms with van der Waals surface area (Å²) < 4.78 is 1.95. The average Bonchev–Trinajstić information content (AvgIpc) is 3.12. The molecule has 25 heavy (non-hydrogen) atoms. The van der Waals surface area contributed by atoms with E-state index < -0.39 is 5.97 Å². The molecule has 1 unspecified atom stereocenters. The summed E-state index contributed by atoms with van der Waals surface area (Å²) in [5, 5.41) is 12.0. The summed E-state index contributed by atoms with van der Waals surface area (Å²) in [5.41, 5.74) is 0.985. The van der Waals surface area contributed by atoms with Crippen LogP contribution in [-0.2, 0) is 4.79 Å². The average molecular weight is 342 g/mol. The number of aromatic nitrogens is 2. The Morgan fingerprint density at radius 1 is 1.24 bits per heavy atom. The second-order valence-corrected chi connectivity index (χ2v) is 6.26. The number of benzene rings is 1. The van der Waals surface area contributed by atoms with Crippen LogP contribution < -0.4 is 5.32 Å². The molecule has 2 aromatic rings. The first-order chi connectivity index (χ1) is 12.1. The van der Waals surface area contributed by atoms with Crippen molar-refractivity contribution in [3.63, 3.8) is 0 Å². The minimum atomic E-state index is -0.779. The minimum Gasteiger partial charge on any atom is -0.481 e. The van der Waals surface area contributed by atoms with Crippen LogP contribution in [0.4, 0.5) is 4.79 Å². The van der Waals surface area contributed by atoms with Crippen molar-refractivity contribution in [2.45, 2.75) is 25.8 Å². The summed E-state index contributed by atoms with van der Waals surface area (Å²) in [7, 11) is 0. The Morgan fingerprint density at radius 2 is 1.92 bits per heavy atom. The molecule has 1 atom stereocenters. The van der Waals surface area contributed by atoms with Crippen molar-refractivity contribution < 1.29 is 14.7 Å². The van der Waals surface area contributed by atoms with Gasteiger partial charge in [0.1, 0.15) is 5.82 Å². The fourth-order valence-corrected chi connectivity index (χ4v) is 3.11. The van der Waals surface area contributed by atoms with E-state index in [9.17, 15) is 9.59 Å². The van der Waals surface area contributed by atoms with Gasteiger partial charge in [0.2, 0.25) is 0 Å². The van der Waals surface area contributed by atoms with Crippen LogP contribution in [0.1, 0.15) is 31.6 Å². The monoisotopic (exact) mass is 342 g/mol. The van der Waals surface area contributed by atoms with E-state index in [1.54, 1.807) is 11.1 Å². The predicted octanol–water partition coefficient (Wildman–Crippen LogP) is 2.44. The maximum Gasteiger partial charge on any atom is 0.317 e. The first-order valence-electron chi connectivity index (χ1n) is 8.43. The second kappa shape index (κ2) is 7.38. The molecule has 7 nitrogen and oxygen atoms in total. The SMILES string of the molecule is CC(NC(=O)N1CCC(C(=O)O)CC1)c1nccn1-c1ccccc1. The van der Waals surface area contributed by atoms with E-state index >= 15 is 0 Å². The zero-order chi connectivity index (χ0) is 17.8. The molecule has 1 aliphatic rings. The van der Waals surface area contributed by atoms with Crippen LogP contribution in [-0.4, -0.2) is 44.6 Å². The molecule has 1 aliphatic heterocycles. The summed E-state index contributed by atoms with van der Waals surface area (Å²) >= 11 is 0. The van der Waals surface area contributed by atoms with Gasteiger partial charge in [-0.1, -0.05) is 18.2 Å². The van der Waals surface area contributed by atoms with E-state index in [-0.39, 0.29) is 18.0 Å². The number of carboxylic acids is 1. The Labute approximate surface area is 146 Å². The fraction of sp³-hybridized carbons (Fsp3) is 0.389. The molecule has 0 spiro atoms. The maximum absolute atomic E-state index is 12.5. The third-order valence-corrected chi connectivity index (χ3v) is 4.56. The van der Waals surface area contributed by atoms with Crippen LogP contribution in [0.3, 0.4) is 0 Å². The van der Waals surface area contributed by atoms with Gasteiger partial charge in [-0.15, -0.1) is 0 Å². The number of imidazole rings is 1. The molecule has 1 fully saturated rings. The Bertz CT molecular complexity index is 736. The fourth-order valence-electron chi connectivity index (χ4n) is 3.11. The number of para-hydroxylation sites is 1. The van der Waals surface area contributed by atoms with Crippen molar-refractivity contribution in [2.24, 2.45) is 5.92 Å². The molecule has 1 saturated heterocycles. The van der Waals surface area contributed by atoms with Crippen LogP contribution in [0.2, 0.25) is 0 Å². The summed E-state index contributed by atoms with van der Waals surface area (Å²) in [5.74, 6) is -0.378. The lowest BCUT2D eigenvalue weighted by molar-refractivity contribution is -0.143. The minimum absolute atomic E-state index is 0.182. The number of amides is 2. The van der Waals surface area contributed by atoms with Gasteiger partial charge in [-0.25, -0.2) is 9.78 Å². The van der Waals surface area contributed by atoms with E-state index in [1.807, 2.05) is 48.0 Å². The highest BCUT2D eigenvalue weighted by molar-refractivity contribution is 5.75. The molecule has 2 N–H and O–H groups in total. The molecule has 3 rings (SSSR count). The lowest BCUT2D eigenvalue weighted by atomic mass is 9.97. The van der Waals surface area contributed by atoms with Gasteiger partial charge < -0.3 is 19.9 Å². The number of aliphatic carboxylic acids is 1. The van der Waals surface area contributed by atoms with Crippen LogP contribution in [0.15, 0.2) is 42.7 Å². The molecule has 0 saturated carbocycles. The first kappa shape index (κ1) is 17.0. The molecule has 0 aliphatic carbocycles. The number of carbonyl (C=O) groups is 2. The molecule has 1 aromatic carbocycles. The van der Waals surface area contributed by atoms with E-state index in [0.717, 1.165) is 11.5 Å². The van der Waals surface area contributed by atoms with Gasteiger partial charge in [-0.05, 0) is 31.9 Å². The molecule has 7 heteroatoms. The van der Waals surface area contributed by atoms with Crippen LogP contribution in [0, 0.1) is 5.92 Å². The van der Waals surface area contributed by atoms with Crippen molar-refractivity contribution in [2.75, 3.05) is 13.1 Å². The lowest BCUT2D eigenvalue weighted by Gasteiger charge is -2.31. The molecular formula is C18H22N4O3. The number of nitrogens with zero attached hydrogens (tertiary/aromatic N) is 3. The Morgan fingerprint density at radius 3 is 2.56 bits per heavy atom. The van der Waals surface area contributed by atoms with E-state index in [2.05, 4.69) is 10.3 Å². The molecule has 2 heterocycles. The predicted molar refractivity (Wildman–Crippen MR) is 92.4 cm³/mol. The molecule has 1 aromatic heterocycles. The van der Waals surface area contributed by atoms with Crippen molar-refractivity contribution >= 4 is 12.0 Å². The number of urea groups is 1. The van der Waals surface area contributed by atoms with Gasteiger partial charge in [0.25, 0.3) is 0 Å². The van der Waals surface area contributed by atoms with Gasteiger partial charge >= 0.3 is 12.0 Å².